The van der Waals surface area contributed by atoms with Crippen LogP contribution in [-0.2, 0) is 17.8 Å². The molecule has 0 radical (unpaired) electrons. The largest absolute Gasteiger partial charge is 0.489 e. The summed E-state index contributed by atoms with van der Waals surface area (Å²) < 4.78 is 5.79. The van der Waals surface area contributed by atoms with Gasteiger partial charge in [-0.1, -0.05) is 60.7 Å². The van der Waals surface area contributed by atoms with Gasteiger partial charge in [-0.15, -0.1) is 10.2 Å². The number of rotatable bonds is 7. The standard InChI is InChI=1S/C21H18N4O2S/c1-2-19-24-25-21(28-19)23-20(26)17(13-22)11-16-9-6-10-18(12-16)27-14-15-7-4-3-5-8-15/h3-12H,2,14H2,1H3,(H,23,25,26). The number of nitrogens with one attached hydrogen (secondary N) is 1. The zero-order chi connectivity index (χ0) is 19.8. The second-order valence-corrected chi connectivity index (χ2v) is 6.89. The Kier molecular flexibility index (Phi) is 6.50. The Morgan fingerprint density at radius 2 is 2.04 bits per heavy atom. The molecule has 1 aromatic heterocycles. The Hall–Kier alpha value is -3.50. The van der Waals surface area contributed by atoms with Crippen LogP contribution < -0.4 is 10.1 Å². The second kappa shape index (κ2) is 9.44. The van der Waals surface area contributed by atoms with Crippen LogP contribution in [0, 0.1) is 11.3 Å². The Balaban J connectivity index is 1.69. The molecule has 1 heterocycles. The van der Waals surface area contributed by atoms with Crippen molar-refractivity contribution in [2.45, 2.75) is 20.0 Å². The Bertz CT molecular complexity index is 1020. The predicted octanol–water partition coefficient (Wildman–Crippen LogP) is 4.23. The predicted molar refractivity (Wildman–Crippen MR) is 109 cm³/mol. The molecule has 0 bridgehead atoms. The van der Waals surface area contributed by atoms with Crippen molar-refractivity contribution in [3.63, 3.8) is 0 Å². The van der Waals surface area contributed by atoms with E-state index in [-0.39, 0.29) is 5.57 Å². The minimum atomic E-state index is -0.517. The fourth-order valence-corrected chi connectivity index (χ4v) is 3.04. The molecule has 1 amide bonds. The third kappa shape index (κ3) is 5.25. The summed E-state index contributed by atoms with van der Waals surface area (Å²) in [6.07, 6.45) is 2.26. The van der Waals surface area contributed by atoms with Gasteiger partial charge in [0.15, 0.2) is 0 Å². The molecular weight excluding hydrogens is 372 g/mol. The van der Waals surface area contributed by atoms with E-state index in [0.29, 0.717) is 23.1 Å². The molecule has 0 unspecified atom stereocenters. The minimum absolute atomic E-state index is 0.0199. The summed E-state index contributed by atoms with van der Waals surface area (Å²) in [6.45, 7) is 2.40. The molecule has 0 aliphatic carbocycles. The van der Waals surface area contributed by atoms with Gasteiger partial charge in [0.25, 0.3) is 5.91 Å². The van der Waals surface area contributed by atoms with Crippen LogP contribution in [0.2, 0.25) is 0 Å². The fourth-order valence-electron chi connectivity index (χ4n) is 2.36. The highest BCUT2D eigenvalue weighted by molar-refractivity contribution is 7.15. The summed E-state index contributed by atoms with van der Waals surface area (Å²) in [7, 11) is 0. The molecule has 1 N–H and O–H groups in total. The number of hydrogen-bond acceptors (Lipinski definition) is 6. The van der Waals surface area contributed by atoms with E-state index in [2.05, 4.69) is 15.5 Å². The molecule has 2 aromatic carbocycles. The van der Waals surface area contributed by atoms with Crippen LogP contribution in [0.4, 0.5) is 5.13 Å². The smallest absolute Gasteiger partial charge is 0.268 e. The topological polar surface area (TPSA) is 87.9 Å². The van der Waals surface area contributed by atoms with Crippen LogP contribution in [0.3, 0.4) is 0 Å². The first-order valence-electron chi connectivity index (χ1n) is 8.70. The molecule has 3 rings (SSSR count). The molecule has 6 nitrogen and oxygen atoms in total. The van der Waals surface area contributed by atoms with Gasteiger partial charge in [-0.05, 0) is 35.8 Å². The maximum Gasteiger partial charge on any atom is 0.268 e. The van der Waals surface area contributed by atoms with Gasteiger partial charge >= 0.3 is 0 Å². The van der Waals surface area contributed by atoms with Crippen molar-refractivity contribution in [1.82, 2.24) is 10.2 Å². The lowest BCUT2D eigenvalue weighted by Gasteiger charge is -2.07. The third-order valence-corrected chi connectivity index (χ3v) is 4.76. The fraction of sp³-hybridized carbons (Fsp3) is 0.143. The van der Waals surface area contributed by atoms with E-state index in [1.807, 2.05) is 55.5 Å². The molecule has 7 heteroatoms. The van der Waals surface area contributed by atoms with Crippen LogP contribution in [-0.4, -0.2) is 16.1 Å². The van der Waals surface area contributed by atoms with Gasteiger partial charge in [-0.3, -0.25) is 10.1 Å². The van der Waals surface area contributed by atoms with Gasteiger partial charge in [0.1, 0.15) is 29.0 Å². The van der Waals surface area contributed by atoms with Gasteiger partial charge in [0.05, 0.1) is 0 Å². The van der Waals surface area contributed by atoms with E-state index < -0.39 is 5.91 Å². The minimum Gasteiger partial charge on any atom is -0.489 e. The first-order chi connectivity index (χ1) is 13.7. The molecule has 0 saturated heterocycles. The number of carbonyl (C=O) groups excluding carboxylic acids is 1. The van der Waals surface area contributed by atoms with Crippen LogP contribution in [0.1, 0.15) is 23.1 Å². The number of ether oxygens (including phenoxy) is 1. The number of nitriles is 1. The summed E-state index contributed by atoms with van der Waals surface area (Å²) in [4.78, 5) is 12.3. The quantitative estimate of drug-likeness (QED) is 0.482. The molecule has 3 aromatic rings. The first-order valence-corrected chi connectivity index (χ1v) is 9.52. The lowest BCUT2D eigenvalue weighted by molar-refractivity contribution is -0.112. The monoisotopic (exact) mass is 390 g/mol. The molecule has 0 spiro atoms. The zero-order valence-electron chi connectivity index (χ0n) is 15.3. The average Bonchev–Trinajstić information content (AvgIpc) is 3.19. The van der Waals surface area contributed by atoms with E-state index in [4.69, 9.17) is 4.74 Å². The van der Waals surface area contributed by atoms with Crippen LogP contribution in [0.5, 0.6) is 5.75 Å². The number of benzene rings is 2. The molecule has 28 heavy (non-hydrogen) atoms. The van der Waals surface area contributed by atoms with E-state index in [1.54, 1.807) is 12.1 Å². The van der Waals surface area contributed by atoms with E-state index in [1.165, 1.54) is 17.4 Å². The number of anilines is 1. The number of aryl methyl sites for hydroxylation is 1. The highest BCUT2D eigenvalue weighted by Gasteiger charge is 2.12. The molecule has 0 atom stereocenters. The number of hydrogen-bond donors (Lipinski definition) is 1. The summed E-state index contributed by atoms with van der Waals surface area (Å²) in [5, 5.41) is 21.0. The van der Waals surface area contributed by atoms with Crippen molar-refractivity contribution >= 4 is 28.5 Å². The zero-order valence-corrected chi connectivity index (χ0v) is 16.1. The van der Waals surface area contributed by atoms with Crippen molar-refractivity contribution in [3.05, 3.63) is 76.3 Å². The van der Waals surface area contributed by atoms with Crippen molar-refractivity contribution < 1.29 is 9.53 Å². The van der Waals surface area contributed by atoms with Gasteiger partial charge < -0.3 is 4.74 Å². The summed E-state index contributed by atoms with van der Waals surface area (Å²) in [5.74, 6) is 0.143. The molecule has 0 aliphatic heterocycles. The lowest BCUT2D eigenvalue weighted by Crippen LogP contribution is -2.13. The molecule has 0 fully saturated rings. The molecule has 0 saturated carbocycles. The van der Waals surface area contributed by atoms with Crippen molar-refractivity contribution in [1.29, 1.82) is 5.26 Å². The second-order valence-electron chi connectivity index (χ2n) is 5.83. The van der Waals surface area contributed by atoms with Gasteiger partial charge in [-0.2, -0.15) is 5.26 Å². The average molecular weight is 390 g/mol. The maximum absolute atomic E-state index is 12.3. The Morgan fingerprint density at radius 1 is 1.21 bits per heavy atom. The first kappa shape index (κ1) is 19.3. The Labute approximate surface area is 167 Å². The molecule has 0 aliphatic rings. The summed E-state index contributed by atoms with van der Waals surface area (Å²) in [5.41, 5.74) is 1.74. The van der Waals surface area contributed by atoms with Crippen LogP contribution in [0.15, 0.2) is 60.2 Å². The summed E-state index contributed by atoms with van der Waals surface area (Å²) in [6, 6.07) is 19.0. The Morgan fingerprint density at radius 3 is 2.75 bits per heavy atom. The third-order valence-electron chi connectivity index (χ3n) is 3.77. The number of amides is 1. The normalized spacial score (nSPS) is 10.9. The van der Waals surface area contributed by atoms with E-state index in [9.17, 15) is 10.1 Å². The SMILES string of the molecule is CCc1nnc(NC(=O)C(C#N)=Cc2cccc(OCc3ccccc3)c2)s1. The lowest BCUT2D eigenvalue weighted by atomic mass is 10.1. The van der Waals surface area contributed by atoms with Gasteiger partial charge in [-0.25, -0.2) is 0 Å². The molecular formula is C21H18N4O2S. The molecule has 140 valence electrons. The van der Waals surface area contributed by atoms with Gasteiger partial charge in [0.2, 0.25) is 5.13 Å². The van der Waals surface area contributed by atoms with Gasteiger partial charge in [0, 0.05) is 0 Å². The number of nitrogens with zero attached hydrogens (tertiary/aromatic N) is 3. The van der Waals surface area contributed by atoms with Crippen molar-refractivity contribution in [3.8, 4) is 11.8 Å². The number of carbonyl (C=O) groups is 1. The highest BCUT2D eigenvalue weighted by Crippen LogP contribution is 2.19. The van der Waals surface area contributed by atoms with Crippen molar-refractivity contribution in [2.24, 2.45) is 0 Å². The van der Waals surface area contributed by atoms with Crippen LogP contribution >= 0.6 is 11.3 Å². The van der Waals surface area contributed by atoms with E-state index in [0.717, 1.165) is 17.0 Å². The van der Waals surface area contributed by atoms with Crippen LogP contribution in [0.25, 0.3) is 6.08 Å². The maximum atomic E-state index is 12.3. The van der Waals surface area contributed by atoms with E-state index >= 15 is 0 Å². The van der Waals surface area contributed by atoms with Crippen molar-refractivity contribution in [2.75, 3.05) is 5.32 Å². The number of aromatic nitrogens is 2. The summed E-state index contributed by atoms with van der Waals surface area (Å²) >= 11 is 1.29. The highest BCUT2D eigenvalue weighted by atomic mass is 32.1.